The molecule has 1 N–H and O–H groups in total. The molecule has 0 amide bonds. The minimum Gasteiger partial charge on any atom is -0.311 e. The summed E-state index contributed by atoms with van der Waals surface area (Å²) in [6.45, 7) is 7.14. The fourth-order valence-electron chi connectivity index (χ4n) is 2.90. The number of nitrogens with one attached hydrogen (secondary N) is 1. The second-order valence-electron chi connectivity index (χ2n) is 4.55. The van der Waals surface area contributed by atoms with E-state index in [1.54, 1.807) is 0 Å². The molecule has 3 atom stereocenters. The van der Waals surface area contributed by atoms with Crippen LogP contribution in [-0.4, -0.2) is 36.1 Å². The van der Waals surface area contributed by atoms with Gasteiger partial charge in [0.25, 0.3) is 0 Å². The number of fused-ring (bicyclic) bond motifs is 1. The van der Waals surface area contributed by atoms with Crippen molar-refractivity contribution >= 4 is 0 Å². The molecule has 1 saturated carbocycles. The van der Waals surface area contributed by atoms with Crippen molar-refractivity contribution in [2.75, 3.05) is 13.1 Å². The molecule has 3 unspecified atom stereocenters. The number of hydrogen-bond acceptors (Lipinski definition) is 2. The van der Waals surface area contributed by atoms with Crippen LogP contribution < -0.4 is 5.32 Å². The molecule has 1 aliphatic heterocycles. The van der Waals surface area contributed by atoms with E-state index < -0.39 is 0 Å². The maximum absolute atomic E-state index is 3.65. The van der Waals surface area contributed by atoms with Gasteiger partial charge in [0.1, 0.15) is 0 Å². The summed E-state index contributed by atoms with van der Waals surface area (Å²) in [7, 11) is 0. The smallest absolute Gasteiger partial charge is 0.0252 e. The van der Waals surface area contributed by atoms with Crippen LogP contribution in [0.25, 0.3) is 0 Å². The lowest BCUT2D eigenvalue weighted by molar-refractivity contribution is 0.0932. The molecule has 0 bridgehead atoms. The molecule has 2 aliphatic rings. The van der Waals surface area contributed by atoms with E-state index >= 15 is 0 Å². The van der Waals surface area contributed by atoms with Gasteiger partial charge in [-0.05, 0) is 26.2 Å². The van der Waals surface area contributed by atoms with Gasteiger partial charge in [-0.2, -0.15) is 0 Å². The Balaban J connectivity index is 2.01. The van der Waals surface area contributed by atoms with E-state index in [1.807, 2.05) is 0 Å². The first-order chi connectivity index (χ1) is 6.33. The van der Waals surface area contributed by atoms with Crippen molar-refractivity contribution in [3.63, 3.8) is 0 Å². The van der Waals surface area contributed by atoms with E-state index in [2.05, 4.69) is 24.1 Å². The Bertz CT molecular complexity index is 169. The second-order valence-corrected chi connectivity index (χ2v) is 4.55. The highest BCUT2D eigenvalue weighted by Gasteiger charge is 2.36. The lowest BCUT2D eigenvalue weighted by atomic mass is 10.0. The van der Waals surface area contributed by atoms with Crippen LogP contribution in [0, 0.1) is 0 Å². The molecule has 2 nitrogen and oxygen atoms in total. The molecular formula is C11H22N2. The first kappa shape index (κ1) is 9.47. The van der Waals surface area contributed by atoms with Crippen LogP contribution in [0.2, 0.25) is 0 Å². The lowest BCUT2D eigenvalue weighted by Gasteiger charge is -2.41. The predicted octanol–water partition coefficient (Wildman–Crippen LogP) is 1.61. The van der Waals surface area contributed by atoms with Crippen molar-refractivity contribution in [1.82, 2.24) is 10.2 Å². The molecule has 1 heterocycles. The average molecular weight is 182 g/mol. The third kappa shape index (κ3) is 1.75. The molecule has 2 fully saturated rings. The Hall–Kier alpha value is -0.0800. The summed E-state index contributed by atoms with van der Waals surface area (Å²) in [4.78, 5) is 2.73. The van der Waals surface area contributed by atoms with E-state index in [-0.39, 0.29) is 0 Å². The van der Waals surface area contributed by atoms with E-state index in [1.165, 1.54) is 38.8 Å². The summed E-state index contributed by atoms with van der Waals surface area (Å²) in [6, 6.07) is 2.44. The van der Waals surface area contributed by atoms with Gasteiger partial charge in [0.05, 0.1) is 0 Å². The maximum atomic E-state index is 3.65. The SMILES string of the molecule is CCC(C)N1CCNC2CCCC21. The van der Waals surface area contributed by atoms with Crippen molar-refractivity contribution in [1.29, 1.82) is 0 Å². The van der Waals surface area contributed by atoms with Gasteiger partial charge in [-0.1, -0.05) is 13.3 Å². The summed E-state index contributed by atoms with van der Waals surface area (Å²) in [5.41, 5.74) is 0. The molecule has 0 aromatic carbocycles. The number of hydrogen-bond donors (Lipinski definition) is 1. The maximum Gasteiger partial charge on any atom is 0.0252 e. The fourth-order valence-corrected chi connectivity index (χ4v) is 2.90. The summed E-state index contributed by atoms with van der Waals surface area (Å²) in [5.74, 6) is 0. The van der Waals surface area contributed by atoms with E-state index in [4.69, 9.17) is 0 Å². The molecule has 0 aromatic heterocycles. The number of rotatable bonds is 2. The van der Waals surface area contributed by atoms with Gasteiger partial charge in [0.2, 0.25) is 0 Å². The van der Waals surface area contributed by atoms with Crippen molar-refractivity contribution in [2.24, 2.45) is 0 Å². The van der Waals surface area contributed by atoms with Gasteiger partial charge in [0, 0.05) is 31.2 Å². The zero-order valence-corrected chi connectivity index (χ0v) is 8.92. The predicted molar refractivity (Wildman–Crippen MR) is 55.9 cm³/mol. The fraction of sp³-hybridized carbons (Fsp3) is 1.00. The van der Waals surface area contributed by atoms with Crippen LogP contribution in [0.1, 0.15) is 39.5 Å². The highest BCUT2D eigenvalue weighted by molar-refractivity contribution is 4.95. The van der Waals surface area contributed by atoms with Gasteiger partial charge < -0.3 is 5.32 Å². The molecule has 1 aliphatic carbocycles. The van der Waals surface area contributed by atoms with Crippen LogP contribution >= 0.6 is 0 Å². The molecule has 76 valence electrons. The van der Waals surface area contributed by atoms with Crippen LogP contribution in [0.4, 0.5) is 0 Å². The van der Waals surface area contributed by atoms with Crippen molar-refractivity contribution in [3.05, 3.63) is 0 Å². The third-order valence-corrected chi connectivity index (χ3v) is 3.84. The first-order valence-electron chi connectivity index (χ1n) is 5.82. The Morgan fingerprint density at radius 1 is 1.46 bits per heavy atom. The zero-order valence-electron chi connectivity index (χ0n) is 8.92. The van der Waals surface area contributed by atoms with Gasteiger partial charge in [-0.25, -0.2) is 0 Å². The largest absolute Gasteiger partial charge is 0.311 e. The Morgan fingerprint density at radius 2 is 2.31 bits per heavy atom. The molecular weight excluding hydrogens is 160 g/mol. The molecule has 0 radical (unpaired) electrons. The highest BCUT2D eigenvalue weighted by Crippen LogP contribution is 2.28. The Morgan fingerprint density at radius 3 is 3.08 bits per heavy atom. The quantitative estimate of drug-likeness (QED) is 0.698. The lowest BCUT2D eigenvalue weighted by Crippen LogP contribution is -2.57. The van der Waals surface area contributed by atoms with Gasteiger partial charge in [0.15, 0.2) is 0 Å². The highest BCUT2D eigenvalue weighted by atomic mass is 15.3. The summed E-state index contributed by atoms with van der Waals surface area (Å²) in [6.07, 6.45) is 5.54. The van der Waals surface area contributed by atoms with Gasteiger partial charge >= 0.3 is 0 Å². The third-order valence-electron chi connectivity index (χ3n) is 3.84. The standard InChI is InChI=1S/C11H22N2/c1-3-9(2)13-8-7-12-10-5-4-6-11(10)13/h9-12H,3-8H2,1-2H3. The number of piperazine rings is 1. The molecule has 0 aromatic rings. The zero-order chi connectivity index (χ0) is 9.26. The van der Waals surface area contributed by atoms with Crippen molar-refractivity contribution < 1.29 is 0 Å². The van der Waals surface area contributed by atoms with Crippen molar-refractivity contribution in [2.45, 2.75) is 57.7 Å². The molecule has 13 heavy (non-hydrogen) atoms. The summed E-state index contributed by atoms with van der Waals surface area (Å²) < 4.78 is 0. The summed E-state index contributed by atoms with van der Waals surface area (Å²) in [5, 5.41) is 3.65. The molecule has 2 heteroatoms. The molecule has 0 spiro atoms. The molecule has 1 saturated heterocycles. The van der Waals surface area contributed by atoms with Gasteiger partial charge in [-0.15, -0.1) is 0 Å². The monoisotopic (exact) mass is 182 g/mol. The van der Waals surface area contributed by atoms with Crippen LogP contribution in [-0.2, 0) is 0 Å². The molecule has 2 rings (SSSR count). The van der Waals surface area contributed by atoms with Crippen molar-refractivity contribution in [3.8, 4) is 0 Å². The average Bonchev–Trinajstić information content (AvgIpc) is 2.63. The normalized spacial score (nSPS) is 37.4. The van der Waals surface area contributed by atoms with Crippen LogP contribution in [0.15, 0.2) is 0 Å². The van der Waals surface area contributed by atoms with Gasteiger partial charge in [-0.3, -0.25) is 4.90 Å². The Kier molecular flexibility index (Phi) is 2.89. The minimum atomic E-state index is 0.785. The van der Waals surface area contributed by atoms with E-state index in [0.717, 1.165) is 18.1 Å². The van der Waals surface area contributed by atoms with Crippen LogP contribution in [0.3, 0.4) is 0 Å². The number of nitrogens with zero attached hydrogens (tertiary/aromatic N) is 1. The minimum absolute atomic E-state index is 0.785. The Labute approximate surface area is 81.7 Å². The van der Waals surface area contributed by atoms with E-state index in [0.29, 0.717) is 0 Å². The van der Waals surface area contributed by atoms with E-state index in [9.17, 15) is 0 Å². The topological polar surface area (TPSA) is 15.3 Å². The first-order valence-corrected chi connectivity index (χ1v) is 5.82. The summed E-state index contributed by atoms with van der Waals surface area (Å²) >= 11 is 0. The van der Waals surface area contributed by atoms with Crippen LogP contribution in [0.5, 0.6) is 0 Å². The second kappa shape index (κ2) is 3.97.